The minimum atomic E-state index is 0.0130. The van der Waals surface area contributed by atoms with Gasteiger partial charge in [-0.2, -0.15) is 5.10 Å². The Hall–Kier alpha value is -1.56. The molecule has 2 rings (SSSR count). The summed E-state index contributed by atoms with van der Waals surface area (Å²) in [5.74, 6) is 0.0130. The second kappa shape index (κ2) is 8.70. The van der Waals surface area contributed by atoms with Crippen molar-refractivity contribution in [1.82, 2.24) is 19.6 Å². The van der Waals surface area contributed by atoms with Crippen molar-refractivity contribution >= 4 is 29.1 Å². The molecule has 136 valence electrons. The second-order valence-electron chi connectivity index (χ2n) is 6.39. The summed E-state index contributed by atoms with van der Waals surface area (Å²) in [6.07, 6.45) is 0. The Morgan fingerprint density at radius 3 is 2.28 bits per heavy atom. The summed E-state index contributed by atoms with van der Waals surface area (Å²) >= 11 is 12.1. The number of rotatable bonds is 7. The van der Waals surface area contributed by atoms with E-state index in [-0.39, 0.29) is 12.5 Å². The molecule has 1 heterocycles. The Balaban J connectivity index is 2.13. The molecule has 5 nitrogen and oxygen atoms in total. The summed E-state index contributed by atoms with van der Waals surface area (Å²) in [5, 5.41) is 5.66. The van der Waals surface area contributed by atoms with E-state index in [9.17, 15) is 4.79 Å². The first-order chi connectivity index (χ1) is 11.8. The number of carbonyl (C=O) groups is 1. The lowest BCUT2D eigenvalue weighted by molar-refractivity contribution is -0.132. The molecule has 1 amide bonds. The van der Waals surface area contributed by atoms with Gasteiger partial charge in [0.25, 0.3) is 0 Å². The van der Waals surface area contributed by atoms with Crippen molar-refractivity contribution < 1.29 is 4.79 Å². The SMILES string of the molecule is Cc1nn(CC(=O)N(CCN(C)C)Cc2ccc(Cl)cc2)c(C)c1Cl. The van der Waals surface area contributed by atoms with E-state index in [1.807, 2.05) is 57.1 Å². The molecule has 0 bridgehead atoms. The minimum absolute atomic E-state index is 0.0130. The van der Waals surface area contributed by atoms with Gasteiger partial charge in [0.15, 0.2) is 0 Å². The van der Waals surface area contributed by atoms with Gasteiger partial charge in [-0.3, -0.25) is 9.48 Å². The van der Waals surface area contributed by atoms with Crippen LogP contribution in [-0.2, 0) is 17.9 Å². The first kappa shape index (κ1) is 19.8. The zero-order valence-corrected chi connectivity index (χ0v) is 16.6. The molecule has 0 radical (unpaired) electrons. The summed E-state index contributed by atoms with van der Waals surface area (Å²) in [4.78, 5) is 16.7. The van der Waals surface area contributed by atoms with Crippen LogP contribution in [0.2, 0.25) is 10.0 Å². The number of likely N-dealkylation sites (N-methyl/N-ethyl adjacent to an activating group) is 1. The highest BCUT2D eigenvalue weighted by atomic mass is 35.5. The van der Waals surface area contributed by atoms with Gasteiger partial charge < -0.3 is 9.80 Å². The molecule has 0 aliphatic carbocycles. The highest BCUT2D eigenvalue weighted by Crippen LogP contribution is 2.19. The zero-order valence-electron chi connectivity index (χ0n) is 15.1. The van der Waals surface area contributed by atoms with Crippen LogP contribution in [0.1, 0.15) is 17.0 Å². The monoisotopic (exact) mass is 382 g/mol. The maximum atomic E-state index is 12.8. The van der Waals surface area contributed by atoms with Gasteiger partial charge in [0, 0.05) is 24.7 Å². The number of carbonyl (C=O) groups excluding carboxylic acids is 1. The standard InChI is InChI=1S/C18H24Cl2N4O/c1-13-18(20)14(2)24(21-13)12-17(25)23(10-9-22(3)4)11-15-5-7-16(19)8-6-15/h5-8H,9-12H2,1-4H3. The normalized spacial score (nSPS) is 11.2. The molecule has 0 atom stereocenters. The lowest BCUT2D eigenvalue weighted by Gasteiger charge is -2.25. The maximum Gasteiger partial charge on any atom is 0.244 e. The molecule has 0 fully saturated rings. The average Bonchev–Trinajstić information content (AvgIpc) is 2.80. The third kappa shape index (κ3) is 5.46. The molecule has 2 aromatic rings. The third-order valence-corrected chi connectivity index (χ3v) is 4.83. The lowest BCUT2D eigenvalue weighted by atomic mass is 10.2. The molecule has 7 heteroatoms. The molecule has 0 N–H and O–H groups in total. The van der Waals surface area contributed by atoms with Crippen LogP contribution in [0.3, 0.4) is 0 Å². The van der Waals surface area contributed by atoms with E-state index in [0.717, 1.165) is 23.5 Å². The van der Waals surface area contributed by atoms with E-state index in [0.29, 0.717) is 23.1 Å². The summed E-state index contributed by atoms with van der Waals surface area (Å²) in [6, 6.07) is 7.56. The van der Waals surface area contributed by atoms with Crippen LogP contribution in [-0.4, -0.2) is 52.7 Å². The predicted octanol–water partition coefficient (Wildman–Crippen LogP) is 3.40. The fraction of sp³-hybridized carbons (Fsp3) is 0.444. The highest BCUT2D eigenvalue weighted by molar-refractivity contribution is 6.31. The zero-order chi connectivity index (χ0) is 18.6. The van der Waals surface area contributed by atoms with Crippen molar-refractivity contribution in [3.63, 3.8) is 0 Å². The second-order valence-corrected chi connectivity index (χ2v) is 7.20. The Morgan fingerprint density at radius 1 is 1.12 bits per heavy atom. The summed E-state index contributed by atoms with van der Waals surface area (Å²) in [6.45, 7) is 5.86. The molecule has 0 aliphatic rings. The van der Waals surface area contributed by atoms with E-state index in [4.69, 9.17) is 23.2 Å². The number of halogens is 2. The van der Waals surface area contributed by atoms with Crippen molar-refractivity contribution in [3.8, 4) is 0 Å². The molecule has 0 unspecified atom stereocenters. The van der Waals surface area contributed by atoms with Gasteiger partial charge in [0.05, 0.1) is 16.4 Å². The van der Waals surface area contributed by atoms with Gasteiger partial charge in [-0.25, -0.2) is 0 Å². The largest absolute Gasteiger partial charge is 0.335 e. The summed E-state index contributed by atoms with van der Waals surface area (Å²) in [5.41, 5.74) is 2.60. The number of amides is 1. The number of hydrogen-bond acceptors (Lipinski definition) is 3. The molecule has 0 aliphatic heterocycles. The van der Waals surface area contributed by atoms with Gasteiger partial charge in [0.1, 0.15) is 6.54 Å². The van der Waals surface area contributed by atoms with Crippen molar-refractivity contribution in [2.45, 2.75) is 26.9 Å². The first-order valence-corrected chi connectivity index (χ1v) is 8.90. The van der Waals surface area contributed by atoms with Crippen molar-refractivity contribution in [2.24, 2.45) is 0 Å². The minimum Gasteiger partial charge on any atom is -0.335 e. The number of nitrogens with zero attached hydrogens (tertiary/aromatic N) is 4. The van der Waals surface area contributed by atoms with Crippen LogP contribution in [0.15, 0.2) is 24.3 Å². The maximum absolute atomic E-state index is 12.8. The number of benzene rings is 1. The first-order valence-electron chi connectivity index (χ1n) is 8.14. The van der Waals surface area contributed by atoms with Gasteiger partial charge >= 0.3 is 0 Å². The molecule has 25 heavy (non-hydrogen) atoms. The Morgan fingerprint density at radius 2 is 1.76 bits per heavy atom. The topological polar surface area (TPSA) is 41.4 Å². The molecular formula is C18H24Cl2N4O. The molecule has 1 aromatic carbocycles. The molecule has 0 saturated heterocycles. The van der Waals surface area contributed by atoms with Gasteiger partial charge in [0.2, 0.25) is 5.91 Å². The van der Waals surface area contributed by atoms with E-state index in [2.05, 4.69) is 10.00 Å². The number of hydrogen-bond donors (Lipinski definition) is 0. The molecule has 0 spiro atoms. The van der Waals surface area contributed by atoms with Crippen LogP contribution in [0, 0.1) is 13.8 Å². The number of aromatic nitrogens is 2. The van der Waals surface area contributed by atoms with Gasteiger partial charge in [-0.15, -0.1) is 0 Å². The van der Waals surface area contributed by atoms with E-state index in [1.165, 1.54) is 0 Å². The summed E-state index contributed by atoms with van der Waals surface area (Å²) < 4.78 is 1.67. The van der Waals surface area contributed by atoms with E-state index < -0.39 is 0 Å². The van der Waals surface area contributed by atoms with Crippen molar-refractivity contribution in [1.29, 1.82) is 0 Å². The van der Waals surface area contributed by atoms with Crippen LogP contribution in [0.25, 0.3) is 0 Å². The Bertz CT molecular complexity index is 725. The van der Waals surface area contributed by atoms with Crippen LogP contribution < -0.4 is 0 Å². The summed E-state index contributed by atoms with van der Waals surface area (Å²) in [7, 11) is 3.98. The van der Waals surface area contributed by atoms with Gasteiger partial charge in [-0.1, -0.05) is 35.3 Å². The molecule has 0 saturated carbocycles. The fourth-order valence-electron chi connectivity index (χ4n) is 2.48. The smallest absolute Gasteiger partial charge is 0.244 e. The lowest BCUT2D eigenvalue weighted by Crippen LogP contribution is -2.38. The molecular weight excluding hydrogens is 359 g/mol. The quantitative estimate of drug-likeness (QED) is 0.736. The van der Waals surface area contributed by atoms with Crippen LogP contribution in [0.4, 0.5) is 0 Å². The van der Waals surface area contributed by atoms with E-state index >= 15 is 0 Å². The van der Waals surface area contributed by atoms with Crippen molar-refractivity contribution in [2.75, 3.05) is 27.2 Å². The highest BCUT2D eigenvalue weighted by Gasteiger charge is 2.18. The third-order valence-electron chi connectivity index (χ3n) is 4.03. The fourth-order valence-corrected chi connectivity index (χ4v) is 2.74. The van der Waals surface area contributed by atoms with Crippen molar-refractivity contribution in [3.05, 3.63) is 51.3 Å². The molecule has 1 aromatic heterocycles. The Kier molecular flexibility index (Phi) is 6.87. The van der Waals surface area contributed by atoms with Gasteiger partial charge in [-0.05, 0) is 45.6 Å². The van der Waals surface area contributed by atoms with Crippen LogP contribution in [0.5, 0.6) is 0 Å². The average molecular weight is 383 g/mol. The van der Waals surface area contributed by atoms with E-state index in [1.54, 1.807) is 4.68 Å². The Labute approximate surface area is 159 Å². The van der Waals surface area contributed by atoms with Crippen LogP contribution >= 0.6 is 23.2 Å². The number of aryl methyl sites for hydroxylation is 1. The predicted molar refractivity (Wildman–Crippen MR) is 102 cm³/mol.